The van der Waals surface area contributed by atoms with Crippen molar-refractivity contribution >= 4 is 0 Å². The average molecular weight is 261 g/mol. The molecule has 0 aliphatic heterocycles. The van der Waals surface area contributed by atoms with Gasteiger partial charge in [-0.1, -0.05) is 13.0 Å². The molecule has 1 aromatic carbocycles. The van der Waals surface area contributed by atoms with E-state index < -0.39 is 0 Å². The molecule has 4 heteroatoms. The molecule has 0 unspecified atom stereocenters. The first-order valence-electron chi connectivity index (χ1n) is 6.69. The molecule has 1 N–H and O–H groups in total. The number of aromatic nitrogens is 2. The fourth-order valence-electron chi connectivity index (χ4n) is 2.24. The van der Waals surface area contributed by atoms with E-state index in [0.29, 0.717) is 0 Å². The number of halogens is 1. The smallest absolute Gasteiger partial charge is 0.123 e. The fourth-order valence-corrected chi connectivity index (χ4v) is 2.24. The van der Waals surface area contributed by atoms with Crippen molar-refractivity contribution < 1.29 is 4.39 Å². The van der Waals surface area contributed by atoms with E-state index >= 15 is 0 Å². The van der Waals surface area contributed by atoms with Gasteiger partial charge in [0.05, 0.1) is 6.20 Å². The Balaban J connectivity index is 2.46. The van der Waals surface area contributed by atoms with Crippen molar-refractivity contribution in [3.63, 3.8) is 0 Å². The summed E-state index contributed by atoms with van der Waals surface area (Å²) in [5.74, 6) is -0.209. The molecule has 102 valence electrons. The summed E-state index contributed by atoms with van der Waals surface area (Å²) in [5, 5.41) is 7.62. The van der Waals surface area contributed by atoms with Crippen LogP contribution in [0.15, 0.2) is 24.4 Å². The maximum absolute atomic E-state index is 13.5. The Kier molecular flexibility index (Phi) is 4.32. The third kappa shape index (κ3) is 2.84. The molecule has 1 aromatic heterocycles. The van der Waals surface area contributed by atoms with Gasteiger partial charge in [0.2, 0.25) is 0 Å². The molecular weight excluding hydrogens is 241 g/mol. The Labute approximate surface area is 113 Å². The number of rotatable bonds is 5. The number of hydrogen-bond donors (Lipinski definition) is 1. The number of hydrogen-bond acceptors (Lipinski definition) is 2. The SMILES string of the molecule is CCNCc1ccc(F)cc1-c1cnn(CC)c1C. The quantitative estimate of drug-likeness (QED) is 0.896. The van der Waals surface area contributed by atoms with Gasteiger partial charge in [-0.3, -0.25) is 4.68 Å². The maximum atomic E-state index is 13.5. The topological polar surface area (TPSA) is 29.9 Å². The lowest BCUT2D eigenvalue weighted by atomic mass is 10.00. The van der Waals surface area contributed by atoms with E-state index in [0.717, 1.165) is 42.0 Å². The van der Waals surface area contributed by atoms with Crippen LogP contribution in [0.2, 0.25) is 0 Å². The van der Waals surface area contributed by atoms with Crippen molar-refractivity contribution in [3.8, 4) is 11.1 Å². The highest BCUT2D eigenvalue weighted by molar-refractivity contribution is 5.69. The summed E-state index contributed by atoms with van der Waals surface area (Å²) in [6, 6.07) is 4.95. The molecule has 0 saturated carbocycles. The summed E-state index contributed by atoms with van der Waals surface area (Å²) in [5.41, 5.74) is 4.11. The molecule has 0 radical (unpaired) electrons. The Morgan fingerprint density at radius 3 is 2.68 bits per heavy atom. The second-order valence-electron chi connectivity index (χ2n) is 4.54. The van der Waals surface area contributed by atoms with Crippen LogP contribution in [-0.4, -0.2) is 16.3 Å². The molecule has 0 amide bonds. The first-order chi connectivity index (χ1) is 9.17. The van der Waals surface area contributed by atoms with Crippen LogP contribution in [0.4, 0.5) is 4.39 Å². The Morgan fingerprint density at radius 1 is 1.26 bits per heavy atom. The number of aryl methyl sites for hydroxylation is 1. The summed E-state index contributed by atoms with van der Waals surface area (Å²) in [4.78, 5) is 0. The van der Waals surface area contributed by atoms with E-state index in [1.807, 2.05) is 23.9 Å². The van der Waals surface area contributed by atoms with Crippen LogP contribution in [0, 0.1) is 12.7 Å². The lowest BCUT2D eigenvalue weighted by Gasteiger charge is -2.10. The van der Waals surface area contributed by atoms with Gasteiger partial charge in [0.1, 0.15) is 5.82 Å². The second-order valence-corrected chi connectivity index (χ2v) is 4.54. The van der Waals surface area contributed by atoms with E-state index in [1.165, 1.54) is 6.07 Å². The van der Waals surface area contributed by atoms with Gasteiger partial charge >= 0.3 is 0 Å². The van der Waals surface area contributed by atoms with Crippen molar-refractivity contribution in [2.45, 2.75) is 33.9 Å². The summed E-state index contributed by atoms with van der Waals surface area (Å²) < 4.78 is 15.5. The Morgan fingerprint density at radius 2 is 2.05 bits per heavy atom. The fraction of sp³-hybridized carbons (Fsp3) is 0.400. The molecule has 3 nitrogen and oxygen atoms in total. The number of benzene rings is 1. The molecule has 0 aliphatic rings. The van der Waals surface area contributed by atoms with Crippen molar-refractivity contribution in [2.24, 2.45) is 0 Å². The Bertz CT molecular complexity index is 561. The highest BCUT2D eigenvalue weighted by Crippen LogP contribution is 2.27. The molecule has 2 rings (SSSR count). The van der Waals surface area contributed by atoms with Crippen LogP contribution in [0.25, 0.3) is 11.1 Å². The van der Waals surface area contributed by atoms with Crippen LogP contribution >= 0.6 is 0 Å². The highest BCUT2D eigenvalue weighted by atomic mass is 19.1. The van der Waals surface area contributed by atoms with Crippen molar-refractivity contribution in [1.29, 1.82) is 0 Å². The minimum absolute atomic E-state index is 0.209. The van der Waals surface area contributed by atoms with Crippen LogP contribution in [0.3, 0.4) is 0 Å². The third-order valence-corrected chi connectivity index (χ3v) is 3.33. The summed E-state index contributed by atoms with van der Waals surface area (Å²) in [6.07, 6.45) is 1.82. The Hall–Kier alpha value is -1.68. The van der Waals surface area contributed by atoms with E-state index in [4.69, 9.17) is 0 Å². The van der Waals surface area contributed by atoms with Gasteiger partial charge in [0.15, 0.2) is 0 Å². The van der Waals surface area contributed by atoms with Gasteiger partial charge in [-0.25, -0.2) is 4.39 Å². The number of nitrogens with zero attached hydrogens (tertiary/aromatic N) is 2. The first-order valence-corrected chi connectivity index (χ1v) is 6.69. The molecule has 0 saturated heterocycles. The molecule has 1 heterocycles. The highest BCUT2D eigenvalue weighted by Gasteiger charge is 2.12. The first kappa shape index (κ1) is 13.7. The molecule has 0 spiro atoms. The van der Waals surface area contributed by atoms with E-state index in [-0.39, 0.29) is 5.82 Å². The third-order valence-electron chi connectivity index (χ3n) is 3.33. The van der Waals surface area contributed by atoms with Gasteiger partial charge < -0.3 is 5.32 Å². The van der Waals surface area contributed by atoms with Crippen LogP contribution in [-0.2, 0) is 13.1 Å². The largest absolute Gasteiger partial charge is 0.313 e. The van der Waals surface area contributed by atoms with Crippen molar-refractivity contribution in [1.82, 2.24) is 15.1 Å². The molecule has 0 atom stereocenters. The zero-order chi connectivity index (χ0) is 13.8. The monoisotopic (exact) mass is 261 g/mol. The van der Waals surface area contributed by atoms with Crippen LogP contribution < -0.4 is 5.32 Å². The van der Waals surface area contributed by atoms with Crippen LogP contribution in [0.1, 0.15) is 25.1 Å². The van der Waals surface area contributed by atoms with E-state index in [9.17, 15) is 4.39 Å². The van der Waals surface area contributed by atoms with Crippen molar-refractivity contribution in [2.75, 3.05) is 6.54 Å². The minimum Gasteiger partial charge on any atom is -0.313 e. The normalized spacial score (nSPS) is 10.9. The summed E-state index contributed by atoms with van der Waals surface area (Å²) in [6.45, 7) is 8.59. The molecule has 0 fully saturated rings. The standard InChI is InChI=1S/C15H20FN3/c1-4-17-9-12-6-7-13(16)8-14(12)15-10-18-19(5-2)11(15)3/h6-8,10,17H,4-5,9H2,1-3H3. The maximum Gasteiger partial charge on any atom is 0.123 e. The van der Waals surface area contributed by atoms with Gasteiger partial charge in [0.25, 0.3) is 0 Å². The summed E-state index contributed by atoms with van der Waals surface area (Å²) >= 11 is 0. The molecule has 19 heavy (non-hydrogen) atoms. The number of nitrogens with one attached hydrogen (secondary N) is 1. The van der Waals surface area contributed by atoms with E-state index in [1.54, 1.807) is 6.07 Å². The summed E-state index contributed by atoms with van der Waals surface area (Å²) in [7, 11) is 0. The zero-order valence-corrected chi connectivity index (χ0v) is 11.7. The lowest BCUT2D eigenvalue weighted by Crippen LogP contribution is -2.12. The molecular formula is C15H20FN3. The molecule has 0 bridgehead atoms. The van der Waals surface area contributed by atoms with Gasteiger partial charge in [-0.2, -0.15) is 5.10 Å². The van der Waals surface area contributed by atoms with Crippen LogP contribution in [0.5, 0.6) is 0 Å². The second kappa shape index (κ2) is 5.97. The van der Waals surface area contributed by atoms with Crippen molar-refractivity contribution in [3.05, 3.63) is 41.5 Å². The van der Waals surface area contributed by atoms with Gasteiger partial charge in [-0.15, -0.1) is 0 Å². The van der Waals surface area contributed by atoms with E-state index in [2.05, 4.69) is 24.3 Å². The average Bonchev–Trinajstić information content (AvgIpc) is 2.78. The van der Waals surface area contributed by atoms with Gasteiger partial charge in [-0.05, 0) is 43.7 Å². The lowest BCUT2D eigenvalue weighted by molar-refractivity contribution is 0.626. The predicted molar refractivity (Wildman–Crippen MR) is 75.4 cm³/mol. The molecule has 2 aromatic rings. The predicted octanol–water partition coefficient (Wildman–Crippen LogP) is 3.13. The molecule has 0 aliphatic carbocycles. The van der Waals surface area contributed by atoms with Gasteiger partial charge in [0, 0.05) is 24.3 Å². The zero-order valence-electron chi connectivity index (χ0n) is 11.7. The minimum atomic E-state index is -0.209.